The lowest BCUT2D eigenvalue weighted by Crippen LogP contribution is -2.45. The summed E-state index contributed by atoms with van der Waals surface area (Å²) in [5.74, 6) is 0.163. The van der Waals surface area contributed by atoms with Crippen LogP contribution in [0.2, 0.25) is 5.02 Å². The highest BCUT2D eigenvalue weighted by atomic mass is 35.5. The summed E-state index contributed by atoms with van der Waals surface area (Å²) in [6.45, 7) is 1.04. The second-order valence-corrected chi connectivity index (χ2v) is 6.78. The third-order valence-electron chi connectivity index (χ3n) is 4.81. The van der Waals surface area contributed by atoms with Crippen molar-refractivity contribution in [1.82, 2.24) is 10.6 Å². The number of carbonyl (C=O) groups is 1. The molecule has 2 fully saturated rings. The van der Waals surface area contributed by atoms with Crippen LogP contribution in [0, 0.1) is 0 Å². The molecule has 22 heavy (non-hydrogen) atoms. The molecule has 0 aromatic heterocycles. The Morgan fingerprint density at radius 1 is 1.32 bits per heavy atom. The van der Waals surface area contributed by atoms with Gasteiger partial charge in [-0.05, 0) is 49.9 Å². The quantitative estimate of drug-likeness (QED) is 0.873. The van der Waals surface area contributed by atoms with Gasteiger partial charge in [0.2, 0.25) is 5.91 Å². The molecular weight excluding hydrogens is 319 g/mol. The molecule has 2 N–H and O–H groups in total. The maximum atomic E-state index is 12.4. The van der Waals surface area contributed by atoms with Crippen molar-refractivity contribution in [3.8, 4) is 0 Å². The standard InChI is InChI=1S/C17H23ClN2O.ClH/c18-14-6-3-5-13(11-14)17(8-1-2-9-17)20-16(21)12-15-7-4-10-19-15;/h3,5-6,11,15,19H,1-2,4,7-10,12H2,(H,20,21);1H. The summed E-state index contributed by atoms with van der Waals surface area (Å²) in [5.41, 5.74) is 0.945. The number of carbonyl (C=O) groups excluding carboxylic acids is 1. The fourth-order valence-corrected chi connectivity index (χ4v) is 3.91. The maximum Gasteiger partial charge on any atom is 0.222 e. The van der Waals surface area contributed by atoms with Crippen molar-refractivity contribution in [2.75, 3.05) is 6.54 Å². The molecule has 1 aliphatic heterocycles. The number of hydrogen-bond donors (Lipinski definition) is 2. The van der Waals surface area contributed by atoms with E-state index in [1.807, 2.05) is 18.2 Å². The third kappa shape index (κ3) is 3.95. The van der Waals surface area contributed by atoms with Gasteiger partial charge in [-0.1, -0.05) is 36.6 Å². The zero-order valence-electron chi connectivity index (χ0n) is 12.7. The van der Waals surface area contributed by atoms with Gasteiger partial charge in [-0.2, -0.15) is 0 Å². The van der Waals surface area contributed by atoms with E-state index < -0.39 is 0 Å². The topological polar surface area (TPSA) is 41.1 Å². The van der Waals surface area contributed by atoms with Crippen molar-refractivity contribution in [3.63, 3.8) is 0 Å². The van der Waals surface area contributed by atoms with Gasteiger partial charge in [0, 0.05) is 17.5 Å². The van der Waals surface area contributed by atoms with E-state index in [2.05, 4.69) is 16.7 Å². The fraction of sp³-hybridized carbons (Fsp3) is 0.588. The number of halogens is 2. The molecule has 1 aliphatic carbocycles. The normalized spacial score (nSPS) is 23.0. The summed E-state index contributed by atoms with van der Waals surface area (Å²) in [6, 6.07) is 8.30. The average Bonchev–Trinajstić information content (AvgIpc) is 3.11. The molecule has 2 aliphatic rings. The van der Waals surface area contributed by atoms with Crippen molar-refractivity contribution in [1.29, 1.82) is 0 Å². The Bertz CT molecular complexity index is 509. The Morgan fingerprint density at radius 3 is 2.73 bits per heavy atom. The molecule has 5 heteroatoms. The third-order valence-corrected chi connectivity index (χ3v) is 5.04. The van der Waals surface area contributed by atoms with Crippen LogP contribution in [0.1, 0.15) is 50.5 Å². The van der Waals surface area contributed by atoms with E-state index in [0.717, 1.165) is 49.2 Å². The van der Waals surface area contributed by atoms with Gasteiger partial charge in [0.05, 0.1) is 5.54 Å². The lowest BCUT2D eigenvalue weighted by molar-refractivity contribution is -0.123. The number of benzene rings is 1. The SMILES string of the molecule is Cl.O=C(CC1CCCN1)NC1(c2cccc(Cl)c2)CCCC1. The van der Waals surface area contributed by atoms with Gasteiger partial charge in [0.15, 0.2) is 0 Å². The molecule has 1 aromatic carbocycles. The number of nitrogens with one attached hydrogen (secondary N) is 2. The molecular formula is C17H24Cl2N2O. The monoisotopic (exact) mass is 342 g/mol. The lowest BCUT2D eigenvalue weighted by Gasteiger charge is -2.31. The van der Waals surface area contributed by atoms with Crippen LogP contribution in [-0.2, 0) is 10.3 Å². The molecule has 1 unspecified atom stereocenters. The van der Waals surface area contributed by atoms with Crippen LogP contribution >= 0.6 is 24.0 Å². The van der Waals surface area contributed by atoms with E-state index >= 15 is 0 Å². The van der Waals surface area contributed by atoms with E-state index in [1.165, 1.54) is 6.42 Å². The van der Waals surface area contributed by atoms with E-state index in [-0.39, 0.29) is 23.9 Å². The second kappa shape index (κ2) is 7.67. The summed E-state index contributed by atoms with van der Waals surface area (Å²) < 4.78 is 0. The summed E-state index contributed by atoms with van der Waals surface area (Å²) in [7, 11) is 0. The number of hydrogen-bond acceptors (Lipinski definition) is 2. The Hall–Kier alpha value is -0.770. The summed E-state index contributed by atoms with van der Waals surface area (Å²) in [6.07, 6.45) is 7.22. The smallest absolute Gasteiger partial charge is 0.222 e. The van der Waals surface area contributed by atoms with Gasteiger partial charge in [-0.25, -0.2) is 0 Å². The van der Waals surface area contributed by atoms with E-state index in [9.17, 15) is 4.79 Å². The van der Waals surface area contributed by atoms with Crippen molar-refractivity contribution in [3.05, 3.63) is 34.9 Å². The molecule has 0 spiro atoms. The molecule has 0 radical (unpaired) electrons. The molecule has 1 aromatic rings. The van der Waals surface area contributed by atoms with Gasteiger partial charge >= 0.3 is 0 Å². The zero-order chi connectivity index (χ0) is 14.7. The van der Waals surface area contributed by atoms with E-state index in [1.54, 1.807) is 0 Å². The Kier molecular flexibility index (Phi) is 6.13. The van der Waals surface area contributed by atoms with Crippen LogP contribution in [0.4, 0.5) is 0 Å². The van der Waals surface area contributed by atoms with Crippen LogP contribution in [0.5, 0.6) is 0 Å². The van der Waals surface area contributed by atoms with Crippen molar-refractivity contribution in [2.24, 2.45) is 0 Å². The van der Waals surface area contributed by atoms with Crippen molar-refractivity contribution >= 4 is 29.9 Å². The molecule has 1 amide bonds. The van der Waals surface area contributed by atoms with Crippen molar-refractivity contribution in [2.45, 2.75) is 56.5 Å². The summed E-state index contributed by atoms with van der Waals surface area (Å²) in [5, 5.41) is 7.46. The molecule has 122 valence electrons. The summed E-state index contributed by atoms with van der Waals surface area (Å²) >= 11 is 6.14. The first-order chi connectivity index (χ1) is 10.2. The van der Waals surface area contributed by atoms with Gasteiger partial charge < -0.3 is 10.6 Å². The van der Waals surface area contributed by atoms with E-state index in [0.29, 0.717) is 12.5 Å². The Morgan fingerprint density at radius 2 is 2.09 bits per heavy atom. The fourth-order valence-electron chi connectivity index (χ4n) is 3.72. The Labute approximate surface area is 143 Å². The van der Waals surface area contributed by atoms with Gasteiger partial charge in [0.25, 0.3) is 0 Å². The minimum absolute atomic E-state index is 0. The van der Waals surface area contributed by atoms with Crippen LogP contribution < -0.4 is 10.6 Å². The number of amides is 1. The second-order valence-electron chi connectivity index (χ2n) is 6.35. The first kappa shape index (κ1) is 17.6. The first-order valence-corrected chi connectivity index (χ1v) is 8.36. The molecule has 0 bridgehead atoms. The molecule has 3 nitrogen and oxygen atoms in total. The lowest BCUT2D eigenvalue weighted by atomic mass is 9.88. The molecule has 1 saturated heterocycles. The highest BCUT2D eigenvalue weighted by Crippen LogP contribution is 2.39. The minimum Gasteiger partial charge on any atom is -0.347 e. The predicted molar refractivity (Wildman–Crippen MR) is 92.6 cm³/mol. The molecule has 1 saturated carbocycles. The Balaban J connectivity index is 0.00000176. The zero-order valence-corrected chi connectivity index (χ0v) is 14.3. The minimum atomic E-state index is -0.208. The number of rotatable bonds is 4. The first-order valence-electron chi connectivity index (χ1n) is 7.98. The molecule has 1 heterocycles. The molecule has 1 atom stereocenters. The highest BCUT2D eigenvalue weighted by Gasteiger charge is 2.37. The largest absolute Gasteiger partial charge is 0.347 e. The average molecular weight is 343 g/mol. The van der Waals surface area contributed by atoms with Gasteiger partial charge in [-0.3, -0.25) is 4.79 Å². The van der Waals surface area contributed by atoms with Gasteiger partial charge in [-0.15, -0.1) is 12.4 Å². The van der Waals surface area contributed by atoms with Crippen LogP contribution in [0.15, 0.2) is 24.3 Å². The van der Waals surface area contributed by atoms with Crippen molar-refractivity contribution < 1.29 is 4.79 Å². The predicted octanol–water partition coefficient (Wildman–Crippen LogP) is 3.79. The summed E-state index contributed by atoms with van der Waals surface area (Å²) in [4.78, 5) is 12.4. The highest BCUT2D eigenvalue weighted by molar-refractivity contribution is 6.30. The van der Waals surface area contributed by atoms with Crippen LogP contribution in [0.3, 0.4) is 0 Å². The van der Waals surface area contributed by atoms with Crippen LogP contribution in [0.25, 0.3) is 0 Å². The van der Waals surface area contributed by atoms with E-state index in [4.69, 9.17) is 11.6 Å². The van der Waals surface area contributed by atoms with Gasteiger partial charge in [0.1, 0.15) is 0 Å². The van der Waals surface area contributed by atoms with Crippen LogP contribution in [-0.4, -0.2) is 18.5 Å². The molecule has 3 rings (SSSR count). The maximum absolute atomic E-state index is 12.4.